The summed E-state index contributed by atoms with van der Waals surface area (Å²) in [5.41, 5.74) is 1.32. The summed E-state index contributed by atoms with van der Waals surface area (Å²) < 4.78 is 5.17. The summed E-state index contributed by atoms with van der Waals surface area (Å²) in [4.78, 5) is 5.40. The molecule has 4 rings (SSSR count). The molecule has 1 aliphatic carbocycles. The monoisotopic (exact) mass is 246 g/mol. The van der Waals surface area contributed by atoms with E-state index in [1.165, 1.54) is 51.0 Å². The van der Waals surface area contributed by atoms with Crippen LogP contribution >= 0.6 is 0 Å². The van der Waals surface area contributed by atoms with E-state index in [1.54, 1.807) is 6.26 Å². The van der Waals surface area contributed by atoms with Gasteiger partial charge in [0.15, 0.2) is 0 Å². The summed E-state index contributed by atoms with van der Waals surface area (Å²) in [5.74, 6) is 1.95. The van der Waals surface area contributed by atoms with Gasteiger partial charge in [0.2, 0.25) is 0 Å². The average molecular weight is 246 g/mol. The first-order valence-electron chi connectivity index (χ1n) is 7.34. The van der Waals surface area contributed by atoms with E-state index in [1.807, 2.05) is 6.26 Å². The fraction of sp³-hybridized carbons (Fsp3) is 0.733. The van der Waals surface area contributed by atoms with Crippen LogP contribution < -0.4 is 0 Å². The lowest BCUT2D eigenvalue weighted by molar-refractivity contribution is 0.153. The maximum Gasteiger partial charge on any atom is 0.0947 e. The number of rotatable bonds is 4. The zero-order valence-corrected chi connectivity index (χ0v) is 10.9. The average Bonchev–Trinajstić information content (AvgIpc) is 2.94. The molecule has 1 aromatic rings. The number of likely N-dealkylation sites (tertiary alicyclic amines) is 2. The van der Waals surface area contributed by atoms with Gasteiger partial charge in [-0.3, -0.25) is 9.80 Å². The lowest BCUT2D eigenvalue weighted by atomic mass is 9.99. The molecule has 2 bridgehead atoms. The van der Waals surface area contributed by atoms with E-state index in [4.69, 9.17) is 4.42 Å². The van der Waals surface area contributed by atoms with Crippen LogP contribution in [0.3, 0.4) is 0 Å². The highest BCUT2D eigenvalue weighted by atomic mass is 16.3. The van der Waals surface area contributed by atoms with Crippen molar-refractivity contribution in [2.75, 3.05) is 26.2 Å². The van der Waals surface area contributed by atoms with Crippen molar-refractivity contribution >= 4 is 0 Å². The van der Waals surface area contributed by atoms with Gasteiger partial charge in [0.05, 0.1) is 12.5 Å². The summed E-state index contributed by atoms with van der Waals surface area (Å²) in [6.45, 7) is 6.34. The Morgan fingerprint density at radius 1 is 1.22 bits per heavy atom. The van der Waals surface area contributed by atoms with Gasteiger partial charge < -0.3 is 4.42 Å². The normalized spacial score (nSPS) is 33.1. The molecule has 3 heterocycles. The number of hydrogen-bond donors (Lipinski definition) is 0. The van der Waals surface area contributed by atoms with E-state index < -0.39 is 0 Å². The van der Waals surface area contributed by atoms with Gasteiger partial charge in [-0.2, -0.15) is 0 Å². The highest BCUT2D eigenvalue weighted by Gasteiger charge is 2.40. The highest BCUT2D eigenvalue weighted by Crippen LogP contribution is 2.36. The van der Waals surface area contributed by atoms with Crippen molar-refractivity contribution in [3.05, 3.63) is 24.2 Å². The Balaban J connectivity index is 1.38. The number of hydrogen-bond acceptors (Lipinski definition) is 3. The molecule has 2 aliphatic heterocycles. The largest absolute Gasteiger partial charge is 0.472 e. The van der Waals surface area contributed by atoms with E-state index in [0.717, 1.165) is 24.4 Å². The summed E-state index contributed by atoms with van der Waals surface area (Å²) in [5, 5.41) is 0. The molecule has 2 unspecified atom stereocenters. The Bertz CT molecular complexity index is 399. The molecule has 3 fully saturated rings. The molecule has 0 radical (unpaired) electrons. The summed E-state index contributed by atoms with van der Waals surface area (Å²) in [7, 11) is 0. The van der Waals surface area contributed by atoms with Crippen LogP contribution in [0.25, 0.3) is 0 Å². The predicted molar refractivity (Wildman–Crippen MR) is 70.2 cm³/mol. The fourth-order valence-electron chi connectivity index (χ4n) is 3.77. The molecule has 3 heteroatoms. The maximum atomic E-state index is 5.17. The molecular formula is C15H22N2O. The van der Waals surface area contributed by atoms with Crippen LogP contribution in [0.2, 0.25) is 0 Å². The van der Waals surface area contributed by atoms with Crippen LogP contribution in [0.15, 0.2) is 23.0 Å². The number of furan rings is 1. The topological polar surface area (TPSA) is 19.6 Å². The third kappa shape index (κ3) is 2.21. The van der Waals surface area contributed by atoms with Gasteiger partial charge in [0, 0.05) is 44.3 Å². The molecule has 1 aromatic heterocycles. The zero-order chi connectivity index (χ0) is 11.9. The molecule has 2 saturated heterocycles. The minimum absolute atomic E-state index is 0.830. The van der Waals surface area contributed by atoms with E-state index in [0.29, 0.717) is 0 Å². The Morgan fingerprint density at radius 3 is 2.94 bits per heavy atom. The fourth-order valence-corrected chi connectivity index (χ4v) is 3.77. The third-order valence-electron chi connectivity index (χ3n) is 4.78. The van der Waals surface area contributed by atoms with Crippen molar-refractivity contribution < 1.29 is 4.42 Å². The minimum Gasteiger partial charge on any atom is -0.472 e. The summed E-state index contributed by atoms with van der Waals surface area (Å²) in [6.07, 6.45) is 8.07. The quantitative estimate of drug-likeness (QED) is 0.812. The Morgan fingerprint density at radius 2 is 2.17 bits per heavy atom. The van der Waals surface area contributed by atoms with Gasteiger partial charge in [0.25, 0.3) is 0 Å². The van der Waals surface area contributed by atoms with Crippen LogP contribution in [-0.2, 0) is 6.54 Å². The molecule has 18 heavy (non-hydrogen) atoms. The van der Waals surface area contributed by atoms with Crippen LogP contribution in [-0.4, -0.2) is 42.0 Å². The maximum absolute atomic E-state index is 5.17. The van der Waals surface area contributed by atoms with Gasteiger partial charge in [-0.15, -0.1) is 0 Å². The van der Waals surface area contributed by atoms with Crippen molar-refractivity contribution in [2.45, 2.75) is 31.8 Å². The number of fused-ring (bicyclic) bond motifs is 2. The van der Waals surface area contributed by atoms with E-state index in [-0.39, 0.29) is 0 Å². The van der Waals surface area contributed by atoms with Gasteiger partial charge in [-0.1, -0.05) is 0 Å². The van der Waals surface area contributed by atoms with Crippen molar-refractivity contribution in [2.24, 2.45) is 11.8 Å². The number of piperidine rings is 1. The third-order valence-corrected chi connectivity index (χ3v) is 4.78. The van der Waals surface area contributed by atoms with Gasteiger partial charge >= 0.3 is 0 Å². The van der Waals surface area contributed by atoms with E-state index in [9.17, 15) is 0 Å². The SMILES string of the molecule is c1cc(CN2CC3CC(C2)N(CC2CC2)C3)co1. The molecule has 2 atom stereocenters. The van der Waals surface area contributed by atoms with Crippen molar-refractivity contribution in [1.29, 1.82) is 0 Å². The predicted octanol–water partition coefficient (Wildman–Crippen LogP) is 2.20. The van der Waals surface area contributed by atoms with Gasteiger partial charge in [-0.25, -0.2) is 0 Å². The lowest BCUT2D eigenvalue weighted by Crippen LogP contribution is -2.42. The minimum atomic E-state index is 0.830. The molecular weight excluding hydrogens is 224 g/mol. The molecule has 0 aromatic carbocycles. The van der Waals surface area contributed by atoms with E-state index >= 15 is 0 Å². The second-order valence-corrected chi connectivity index (χ2v) is 6.48. The first-order valence-corrected chi connectivity index (χ1v) is 7.34. The van der Waals surface area contributed by atoms with Crippen molar-refractivity contribution in [3.63, 3.8) is 0 Å². The molecule has 3 aliphatic rings. The van der Waals surface area contributed by atoms with E-state index in [2.05, 4.69) is 15.9 Å². The Labute approximate surface area is 109 Å². The van der Waals surface area contributed by atoms with Gasteiger partial charge in [0.1, 0.15) is 0 Å². The van der Waals surface area contributed by atoms with Gasteiger partial charge in [-0.05, 0) is 37.2 Å². The first kappa shape index (κ1) is 11.1. The molecule has 0 amide bonds. The zero-order valence-electron chi connectivity index (χ0n) is 10.9. The lowest BCUT2D eigenvalue weighted by Gasteiger charge is -2.32. The standard InChI is InChI=1S/C15H22N2O/c1-2-12(1)8-17-9-14-5-15(17)10-16(7-14)6-13-3-4-18-11-13/h3-4,11-12,14-15H,1-2,5-10H2. The van der Waals surface area contributed by atoms with Crippen molar-refractivity contribution in [1.82, 2.24) is 9.80 Å². The second kappa shape index (κ2) is 4.39. The molecule has 1 saturated carbocycles. The summed E-state index contributed by atoms with van der Waals surface area (Å²) >= 11 is 0. The number of nitrogens with zero attached hydrogens (tertiary/aromatic N) is 2. The molecule has 0 N–H and O–H groups in total. The summed E-state index contributed by atoms with van der Waals surface area (Å²) in [6, 6.07) is 2.93. The van der Waals surface area contributed by atoms with Crippen LogP contribution in [0.4, 0.5) is 0 Å². The second-order valence-electron chi connectivity index (χ2n) is 6.48. The first-order chi connectivity index (χ1) is 8.87. The van der Waals surface area contributed by atoms with Crippen molar-refractivity contribution in [3.8, 4) is 0 Å². The Kier molecular flexibility index (Phi) is 2.70. The molecule has 0 spiro atoms. The van der Waals surface area contributed by atoms with Crippen LogP contribution in [0, 0.1) is 11.8 Å². The molecule has 3 nitrogen and oxygen atoms in total. The Hall–Kier alpha value is -0.800. The molecule has 98 valence electrons. The highest BCUT2D eigenvalue weighted by molar-refractivity contribution is 5.06. The van der Waals surface area contributed by atoms with Crippen LogP contribution in [0.1, 0.15) is 24.8 Å². The smallest absolute Gasteiger partial charge is 0.0947 e. The van der Waals surface area contributed by atoms with Crippen LogP contribution in [0.5, 0.6) is 0 Å².